The van der Waals surface area contributed by atoms with Crippen LogP contribution in [0.2, 0.25) is 0 Å². The first-order valence-electron chi connectivity index (χ1n) is 9.34. The maximum atomic E-state index is 13.0. The first kappa shape index (κ1) is 22.3. The largest absolute Gasteiger partial charge is 0.467 e. The van der Waals surface area contributed by atoms with Gasteiger partial charge in [-0.2, -0.15) is 0 Å². The Morgan fingerprint density at radius 2 is 1.68 bits per heavy atom. The lowest BCUT2D eigenvalue weighted by atomic mass is 10.0. The number of rotatable bonds is 6. The van der Waals surface area contributed by atoms with E-state index in [0.717, 1.165) is 5.56 Å². The van der Waals surface area contributed by atoms with Crippen LogP contribution in [-0.4, -0.2) is 66.3 Å². The lowest BCUT2D eigenvalue weighted by Crippen LogP contribution is -2.67. The van der Waals surface area contributed by atoms with E-state index in [-0.39, 0.29) is 12.2 Å². The molecule has 1 aliphatic rings. The minimum Gasteiger partial charge on any atom is -0.467 e. The molecule has 8 heteroatoms. The van der Waals surface area contributed by atoms with E-state index in [9.17, 15) is 14.0 Å². The summed E-state index contributed by atoms with van der Waals surface area (Å²) in [7, 11) is 1.25. The number of methoxy groups -OCH3 is 1. The summed E-state index contributed by atoms with van der Waals surface area (Å²) in [4.78, 5) is 28.6. The van der Waals surface area contributed by atoms with Crippen molar-refractivity contribution >= 4 is 11.9 Å². The molecule has 1 aromatic rings. The van der Waals surface area contributed by atoms with Crippen molar-refractivity contribution in [3.05, 3.63) is 35.6 Å². The van der Waals surface area contributed by atoms with E-state index in [4.69, 9.17) is 15.2 Å². The molecule has 0 aromatic heterocycles. The normalized spacial score (nSPS) is 18.4. The molecule has 0 aliphatic carbocycles. The maximum absolute atomic E-state index is 13.0. The molecular weight excluding hydrogens is 365 g/mol. The number of nitrogens with two attached hydrogens (primary N) is 1. The number of halogens is 1. The second-order valence-corrected chi connectivity index (χ2v) is 8.07. The Kier molecular flexibility index (Phi) is 7.14. The predicted octanol–water partition coefficient (Wildman–Crippen LogP) is 1.50. The molecule has 1 atom stereocenters. The van der Waals surface area contributed by atoms with Crippen molar-refractivity contribution < 1.29 is 23.5 Å². The molecule has 2 N–H and O–H groups in total. The number of ether oxygens (including phenoxy) is 2. The average Bonchev–Trinajstić information content (AvgIpc) is 2.61. The number of carbonyl (C=O) groups is 2. The van der Waals surface area contributed by atoms with Gasteiger partial charge in [0.15, 0.2) is 5.66 Å². The van der Waals surface area contributed by atoms with E-state index in [2.05, 4.69) is 4.90 Å². The van der Waals surface area contributed by atoms with Gasteiger partial charge in [0.2, 0.25) is 0 Å². The molecule has 1 saturated heterocycles. The van der Waals surface area contributed by atoms with E-state index in [0.29, 0.717) is 32.7 Å². The SMILES string of the molecule is COC(=O)[C@](N)(CC(=O)OC(C)(C)C)N1CCN(Cc2ccc(F)cc2)CC1. The van der Waals surface area contributed by atoms with Crippen LogP contribution in [-0.2, 0) is 25.6 Å². The van der Waals surface area contributed by atoms with Crippen molar-refractivity contribution in [2.75, 3.05) is 33.3 Å². The maximum Gasteiger partial charge on any atom is 0.341 e. The van der Waals surface area contributed by atoms with E-state index in [1.54, 1.807) is 37.8 Å². The smallest absolute Gasteiger partial charge is 0.341 e. The first-order chi connectivity index (χ1) is 13.0. The van der Waals surface area contributed by atoms with Crippen molar-refractivity contribution in [1.82, 2.24) is 9.80 Å². The number of hydrogen-bond acceptors (Lipinski definition) is 7. The molecule has 1 aromatic carbocycles. The Labute approximate surface area is 165 Å². The van der Waals surface area contributed by atoms with Crippen LogP contribution in [0.25, 0.3) is 0 Å². The molecule has 0 radical (unpaired) electrons. The van der Waals surface area contributed by atoms with Crippen molar-refractivity contribution in [1.29, 1.82) is 0 Å². The van der Waals surface area contributed by atoms with Crippen molar-refractivity contribution in [2.45, 2.75) is 45.0 Å². The van der Waals surface area contributed by atoms with Crippen LogP contribution in [0.3, 0.4) is 0 Å². The fraction of sp³-hybridized carbons (Fsp3) is 0.600. The number of nitrogens with zero attached hydrogens (tertiary/aromatic N) is 2. The second-order valence-electron chi connectivity index (χ2n) is 8.07. The van der Waals surface area contributed by atoms with Gasteiger partial charge in [0.05, 0.1) is 13.5 Å². The highest BCUT2D eigenvalue weighted by molar-refractivity contribution is 5.86. The number of carbonyl (C=O) groups excluding carboxylic acids is 2. The molecule has 1 heterocycles. The zero-order valence-electron chi connectivity index (χ0n) is 17.0. The number of hydrogen-bond donors (Lipinski definition) is 1. The van der Waals surface area contributed by atoms with Crippen LogP contribution >= 0.6 is 0 Å². The van der Waals surface area contributed by atoms with Crippen LogP contribution in [0.1, 0.15) is 32.8 Å². The molecule has 0 spiro atoms. The van der Waals surface area contributed by atoms with Crippen LogP contribution < -0.4 is 5.73 Å². The Morgan fingerprint density at radius 3 is 2.18 bits per heavy atom. The molecule has 156 valence electrons. The highest BCUT2D eigenvalue weighted by Crippen LogP contribution is 2.21. The fourth-order valence-corrected chi connectivity index (χ4v) is 3.24. The van der Waals surface area contributed by atoms with Crippen molar-refractivity contribution in [3.8, 4) is 0 Å². The minimum absolute atomic E-state index is 0.262. The van der Waals surface area contributed by atoms with E-state index >= 15 is 0 Å². The molecule has 2 rings (SSSR count). The third kappa shape index (κ3) is 5.98. The van der Waals surface area contributed by atoms with E-state index in [1.165, 1.54) is 19.2 Å². The topological polar surface area (TPSA) is 85.1 Å². The van der Waals surface area contributed by atoms with Crippen LogP contribution in [0.5, 0.6) is 0 Å². The molecule has 1 aliphatic heterocycles. The van der Waals surface area contributed by atoms with Gasteiger partial charge in [-0.1, -0.05) is 12.1 Å². The predicted molar refractivity (Wildman–Crippen MR) is 103 cm³/mol. The number of piperazine rings is 1. The zero-order valence-corrected chi connectivity index (χ0v) is 17.0. The summed E-state index contributed by atoms with van der Waals surface area (Å²) in [5.41, 5.74) is 5.13. The second kappa shape index (κ2) is 8.98. The van der Waals surface area contributed by atoms with Crippen molar-refractivity contribution in [3.63, 3.8) is 0 Å². The Hall–Kier alpha value is -2.03. The lowest BCUT2D eigenvalue weighted by molar-refractivity contribution is -0.169. The molecular formula is C20H30FN3O4. The summed E-state index contributed by atoms with van der Waals surface area (Å²) in [6.45, 7) is 8.25. The number of benzene rings is 1. The molecule has 0 unspecified atom stereocenters. The lowest BCUT2D eigenvalue weighted by Gasteiger charge is -2.43. The van der Waals surface area contributed by atoms with Gasteiger partial charge in [0, 0.05) is 32.7 Å². The third-order valence-electron chi connectivity index (χ3n) is 4.63. The molecule has 1 fully saturated rings. The first-order valence-corrected chi connectivity index (χ1v) is 9.34. The van der Waals surface area contributed by atoms with Gasteiger partial charge in [0.1, 0.15) is 11.4 Å². The highest BCUT2D eigenvalue weighted by Gasteiger charge is 2.45. The Balaban J connectivity index is 2.00. The summed E-state index contributed by atoms with van der Waals surface area (Å²) in [6.07, 6.45) is -0.283. The van der Waals surface area contributed by atoms with E-state index < -0.39 is 23.2 Å². The summed E-state index contributed by atoms with van der Waals surface area (Å²) in [5, 5.41) is 0. The fourth-order valence-electron chi connectivity index (χ4n) is 3.24. The quantitative estimate of drug-likeness (QED) is 0.731. The zero-order chi connectivity index (χ0) is 20.9. The Bertz CT molecular complexity index is 682. The standard InChI is InChI=1S/C20H30FN3O4/c1-19(2,3)28-17(25)13-20(22,18(26)27-4)24-11-9-23(10-12-24)14-15-5-7-16(21)8-6-15/h5-8H,9-14,22H2,1-4H3/t20-/m0/s1. The molecule has 7 nitrogen and oxygen atoms in total. The number of esters is 2. The summed E-state index contributed by atoms with van der Waals surface area (Å²) in [5.74, 6) is -1.47. The van der Waals surface area contributed by atoms with Gasteiger partial charge in [0.25, 0.3) is 0 Å². The van der Waals surface area contributed by atoms with Gasteiger partial charge in [-0.15, -0.1) is 0 Å². The average molecular weight is 395 g/mol. The van der Waals surface area contributed by atoms with Crippen LogP contribution in [0, 0.1) is 5.82 Å². The molecule has 0 amide bonds. The van der Waals surface area contributed by atoms with Gasteiger partial charge < -0.3 is 15.2 Å². The monoisotopic (exact) mass is 395 g/mol. The van der Waals surface area contributed by atoms with E-state index in [1.807, 2.05) is 0 Å². The summed E-state index contributed by atoms with van der Waals surface area (Å²) in [6, 6.07) is 6.39. The van der Waals surface area contributed by atoms with Gasteiger partial charge >= 0.3 is 11.9 Å². The van der Waals surface area contributed by atoms with Crippen LogP contribution in [0.15, 0.2) is 24.3 Å². The van der Waals surface area contributed by atoms with Gasteiger partial charge in [-0.3, -0.25) is 14.6 Å². The highest BCUT2D eigenvalue weighted by atomic mass is 19.1. The third-order valence-corrected chi connectivity index (χ3v) is 4.63. The molecule has 0 bridgehead atoms. The van der Waals surface area contributed by atoms with Crippen molar-refractivity contribution in [2.24, 2.45) is 5.73 Å². The molecule has 28 heavy (non-hydrogen) atoms. The minimum atomic E-state index is -1.57. The Morgan fingerprint density at radius 1 is 1.11 bits per heavy atom. The summed E-state index contributed by atoms with van der Waals surface area (Å²) >= 11 is 0. The van der Waals surface area contributed by atoms with Crippen LogP contribution in [0.4, 0.5) is 4.39 Å². The van der Waals surface area contributed by atoms with Gasteiger partial charge in [-0.25, -0.2) is 9.18 Å². The molecule has 0 saturated carbocycles. The summed E-state index contributed by atoms with van der Waals surface area (Å²) < 4.78 is 23.3. The van der Waals surface area contributed by atoms with Gasteiger partial charge in [-0.05, 0) is 38.5 Å².